The Kier molecular flexibility index (Phi) is 6.61. The average Bonchev–Trinajstić information content (AvgIpc) is 2.68. The van der Waals surface area contributed by atoms with E-state index in [9.17, 15) is 9.90 Å². The third-order valence-electron chi connectivity index (χ3n) is 3.79. The number of morpholine rings is 1. The van der Waals surface area contributed by atoms with E-state index in [4.69, 9.17) is 4.74 Å². The van der Waals surface area contributed by atoms with Gasteiger partial charge in [0.25, 0.3) is 0 Å². The van der Waals surface area contributed by atoms with Gasteiger partial charge in [0.2, 0.25) is 11.9 Å². The lowest BCUT2D eigenvalue weighted by Crippen LogP contribution is -2.37. The predicted molar refractivity (Wildman–Crippen MR) is 104 cm³/mol. The van der Waals surface area contributed by atoms with E-state index in [1.54, 1.807) is 24.3 Å². The molecule has 27 heavy (non-hydrogen) atoms. The summed E-state index contributed by atoms with van der Waals surface area (Å²) in [5, 5.41) is 14.3. The van der Waals surface area contributed by atoms with Crippen LogP contribution in [-0.2, 0) is 9.53 Å². The maximum Gasteiger partial charge on any atom is 0.250 e. The molecule has 8 nitrogen and oxygen atoms in total. The number of amides is 1. The second kappa shape index (κ2) is 9.33. The minimum Gasteiger partial charge on any atom is -0.507 e. The van der Waals surface area contributed by atoms with Crippen molar-refractivity contribution in [3.05, 3.63) is 41.6 Å². The van der Waals surface area contributed by atoms with Crippen molar-refractivity contribution >= 4 is 29.8 Å². The summed E-state index contributed by atoms with van der Waals surface area (Å²) < 4.78 is 5.35. The van der Waals surface area contributed by atoms with Crippen LogP contribution in [-0.4, -0.2) is 59.3 Å². The molecule has 0 saturated carbocycles. The van der Waals surface area contributed by atoms with E-state index in [0.717, 1.165) is 23.8 Å². The zero-order valence-electron chi connectivity index (χ0n) is 15.0. The van der Waals surface area contributed by atoms with Gasteiger partial charge in [-0.2, -0.15) is 5.10 Å². The zero-order valence-corrected chi connectivity index (χ0v) is 15.8. The van der Waals surface area contributed by atoms with Crippen molar-refractivity contribution in [2.45, 2.75) is 11.9 Å². The first-order chi connectivity index (χ1) is 13.1. The lowest BCUT2D eigenvalue weighted by molar-refractivity contribution is -0.118. The topological polar surface area (TPSA) is 99.9 Å². The van der Waals surface area contributed by atoms with Crippen molar-refractivity contribution in [2.24, 2.45) is 5.10 Å². The Hall–Kier alpha value is -2.65. The number of para-hydroxylation sites is 1. The number of benzene rings is 1. The van der Waals surface area contributed by atoms with Crippen LogP contribution in [0.5, 0.6) is 5.75 Å². The standard InChI is InChI=1S/C18H21N5O3S/c1-13-10-17(21-18(20-13)23-6-8-26-9-7-23)27-12-16(25)22-19-11-14-4-2-3-5-15(14)24/h2-5,10-11,24H,6-9,12H2,1H3,(H,22,25)/b19-11+. The number of nitrogens with one attached hydrogen (secondary N) is 1. The molecule has 9 heteroatoms. The number of hydrogen-bond acceptors (Lipinski definition) is 8. The van der Waals surface area contributed by atoms with Crippen LogP contribution in [0.2, 0.25) is 0 Å². The normalized spacial score (nSPS) is 14.5. The largest absolute Gasteiger partial charge is 0.507 e. The minimum atomic E-state index is -0.254. The van der Waals surface area contributed by atoms with Crippen LogP contribution >= 0.6 is 11.8 Å². The van der Waals surface area contributed by atoms with Crippen molar-refractivity contribution in [1.82, 2.24) is 15.4 Å². The summed E-state index contributed by atoms with van der Waals surface area (Å²) in [4.78, 5) is 23.1. The second-order valence-electron chi connectivity index (χ2n) is 5.89. The Bertz CT molecular complexity index is 824. The second-order valence-corrected chi connectivity index (χ2v) is 6.88. The third kappa shape index (κ3) is 5.66. The first-order valence-electron chi connectivity index (χ1n) is 8.53. The smallest absolute Gasteiger partial charge is 0.250 e. The fraction of sp³-hybridized carbons (Fsp3) is 0.333. The number of phenolic OH excluding ortho intramolecular Hbond substituents is 1. The minimum absolute atomic E-state index is 0.108. The first kappa shape index (κ1) is 19.1. The van der Waals surface area contributed by atoms with E-state index in [0.29, 0.717) is 24.7 Å². The molecule has 1 fully saturated rings. The number of hydrogen-bond donors (Lipinski definition) is 2. The maximum absolute atomic E-state index is 12.0. The molecule has 1 amide bonds. The number of hydrazone groups is 1. The van der Waals surface area contributed by atoms with Gasteiger partial charge in [-0.25, -0.2) is 15.4 Å². The van der Waals surface area contributed by atoms with Gasteiger partial charge in [-0.1, -0.05) is 23.9 Å². The number of aromatic nitrogens is 2. The van der Waals surface area contributed by atoms with E-state index < -0.39 is 0 Å². The summed E-state index contributed by atoms with van der Waals surface area (Å²) in [5.74, 6) is 0.698. The summed E-state index contributed by atoms with van der Waals surface area (Å²) in [7, 11) is 0. The van der Waals surface area contributed by atoms with Crippen LogP contribution in [0.1, 0.15) is 11.3 Å². The number of rotatable bonds is 6. The van der Waals surface area contributed by atoms with Crippen LogP contribution in [0, 0.1) is 6.92 Å². The van der Waals surface area contributed by atoms with Gasteiger partial charge in [-0.15, -0.1) is 0 Å². The Morgan fingerprint density at radius 2 is 2.15 bits per heavy atom. The number of ether oxygens (including phenoxy) is 1. The molecule has 142 valence electrons. The number of carbonyl (C=O) groups is 1. The fourth-order valence-electron chi connectivity index (χ4n) is 2.45. The molecule has 0 atom stereocenters. The maximum atomic E-state index is 12.0. The van der Waals surface area contributed by atoms with Crippen LogP contribution < -0.4 is 10.3 Å². The van der Waals surface area contributed by atoms with Gasteiger partial charge in [0.15, 0.2) is 0 Å². The molecule has 1 saturated heterocycles. The van der Waals surface area contributed by atoms with E-state index in [1.807, 2.05) is 13.0 Å². The highest BCUT2D eigenvalue weighted by atomic mass is 32.2. The Morgan fingerprint density at radius 3 is 2.93 bits per heavy atom. The quantitative estimate of drug-likeness (QED) is 0.336. The van der Waals surface area contributed by atoms with Crippen molar-refractivity contribution in [3.63, 3.8) is 0 Å². The van der Waals surface area contributed by atoms with Crippen molar-refractivity contribution in [2.75, 3.05) is 37.0 Å². The van der Waals surface area contributed by atoms with Crippen LogP contribution in [0.15, 0.2) is 40.5 Å². The van der Waals surface area contributed by atoms with E-state index in [1.165, 1.54) is 18.0 Å². The molecule has 0 radical (unpaired) electrons. The molecular formula is C18H21N5O3S. The van der Waals surface area contributed by atoms with E-state index in [2.05, 4.69) is 25.4 Å². The molecule has 0 unspecified atom stereocenters. The number of aryl methyl sites for hydroxylation is 1. The van der Waals surface area contributed by atoms with Crippen molar-refractivity contribution in [3.8, 4) is 5.75 Å². The summed E-state index contributed by atoms with van der Waals surface area (Å²) in [5.41, 5.74) is 3.84. The molecule has 1 aromatic heterocycles. The van der Waals surface area contributed by atoms with Crippen LogP contribution in [0.25, 0.3) is 0 Å². The molecule has 0 bridgehead atoms. The number of carbonyl (C=O) groups excluding carboxylic acids is 1. The third-order valence-corrected chi connectivity index (χ3v) is 4.71. The zero-order chi connectivity index (χ0) is 19.1. The van der Waals surface area contributed by atoms with Crippen LogP contribution in [0.4, 0.5) is 5.95 Å². The fourth-order valence-corrected chi connectivity index (χ4v) is 3.19. The molecule has 2 heterocycles. The van der Waals surface area contributed by atoms with Gasteiger partial charge in [0.1, 0.15) is 10.8 Å². The van der Waals surface area contributed by atoms with E-state index in [-0.39, 0.29) is 17.4 Å². The molecule has 2 N–H and O–H groups in total. The SMILES string of the molecule is Cc1cc(SCC(=O)N/N=C/c2ccccc2O)nc(N2CCOCC2)n1. The molecule has 1 aromatic carbocycles. The summed E-state index contributed by atoms with van der Waals surface area (Å²) >= 11 is 1.33. The van der Waals surface area contributed by atoms with Gasteiger partial charge in [-0.05, 0) is 25.1 Å². The molecular weight excluding hydrogens is 366 g/mol. The number of aromatic hydroxyl groups is 1. The molecule has 0 spiro atoms. The van der Waals surface area contributed by atoms with Crippen molar-refractivity contribution < 1.29 is 14.6 Å². The lowest BCUT2D eigenvalue weighted by Gasteiger charge is -2.27. The Labute approximate surface area is 161 Å². The molecule has 1 aliphatic rings. The molecule has 1 aliphatic heterocycles. The summed E-state index contributed by atoms with van der Waals surface area (Å²) in [6.45, 7) is 4.75. The highest BCUT2D eigenvalue weighted by Crippen LogP contribution is 2.20. The highest BCUT2D eigenvalue weighted by Gasteiger charge is 2.15. The summed E-state index contributed by atoms with van der Waals surface area (Å²) in [6.07, 6.45) is 1.41. The number of anilines is 1. The number of phenols is 1. The van der Waals surface area contributed by atoms with Crippen LogP contribution in [0.3, 0.4) is 0 Å². The van der Waals surface area contributed by atoms with Gasteiger partial charge in [0, 0.05) is 24.3 Å². The first-order valence-corrected chi connectivity index (χ1v) is 9.51. The van der Waals surface area contributed by atoms with Gasteiger partial charge >= 0.3 is 0 Å². The Balaban J connectivity index is 1.54. The lowest BCUT2D eigenvalue weighted by atomic mass is 10.2. The monoisotopic (exact) mass is 387 g/mol. The van der Waals surface area contributed by atoms with Gasteiger partial charge in [0.05, 0.1) is 25.2 Å². The van der Waals surface area contributed by atoms with Crippen molar-refractivity contribution in [1.29, 1.82) is 0 Å². The predicted octanol–water partition coefficient (Wildman–Crippen LogP) is 1.57. The Morgan fingerprint density at radius 1 is 1.37 bits per heavy atom. The van der Waals surface area contributed by atoms with Gasteiger partial charge < -0.3 is 14.7 Å². The number of nitrogens with zero attached hydrogens (tertiary/aromatic N) is 4. The molecule has 3 rings (SSSR count). The molecule has 0 aliphatic carbocycles. The van der Waals surface area contributed by atoms with E-state index >= 15 is 0 Å². The molecule has 2 aromatic rings. The highest BCUT2D eigenvalue weighted by molar-refractivity contribution is 7.99. The average molecular weight is 387 g/mol. The number of thioether (sulfide) groups is 1. The van der Waals surface area contributed by atoms with Gasteiger partial charge in [-0.3, -0.25) is 4.79 Å². The summed E-state index contributed by atoms with van der Waals surface area (Å²) in [6, 6.07) is 8.62.